The molecule has 1 aliphatic rings. The van der Waals surface area contributed by atoms with Crippen molar-refractivity contribution >= 4 is 34.3 Å². The average Bonchev–Trinajstić information content (AvgIpc) is 2.84. The minimum Gasteiger partial charge on any atom is -0.458 e. The zero-order valence-electron chi connectivity index (χ0n) is 9.44. The zero-order valence-corrected chi connectivity index (χ0v) is 11.0. The molecule has 0 saturated carbocycles. The van der Waals surface area contributed by atoms with E-state index in [2.05, 4.69) is 0 Å². The fourth-order valence-corrected chi connectivity index (χ4v) is 3.76. The van der Waals surface area contributed by atoms with Crippen molar-refractivity contribution in [2.45, 2.75) is 24.2 Å². The highest BCUT2D eigenvalue weighted by Crippen LogP contribution is 2.44. The lowest BCUT2D eigenvalue weighted by molar-refractivity contribution is 0.0220. The van der Waals surface area contributed by atoms with Crippen LogP contribution in [0.3, 0.4) is 0 Å². The Balaban J connectivity index is 2.12. The van der Waals surface area contributed by atoms with Gasteiger partial charge in [-0.2, -0.15) is 11.8 Å². The highest BCUT2D eigenvalue weighted by molar-refractivity contribution is 8.00. The Morgan fingerprint density at radius 1 is 1.47 bits per heavy atom. The molecule has 1 aromatic carbocycles. The van der Waals surface area contributed by atoms with Gasteiger partial charge in [0.2, 0.25) is 0 Å². The fourth-order valence-electron chi connectivity index (χ4n) is 2.28. The summed E-state index contributed by atoms with van der Waals surface area (Å²) in [6, 6.07) is 7.41. The van der Waals surface area contributed by atoms with Crippen LogP contribution in [0.5, 0.6) is 0 Å². The Bertz CT molecular complexity index is 566. The van der Waals surface area contributed by atoms with Crippen LogP contribution in [-0.4, -0.2) is 16.1 Å². The molecule has 1 N–H and O–H groups in total. The first-order valence-corrected chi connectivity index (χ1v) is 7.06. The Labute approximate surface area is 109 Å². The van der Waals surface area contributed by atoms with Gasteiger partial charge in [-0.3, -0.25) is 0 Å². The van der Waals surface area contributed by atoms with Crippen LogP contribution in [0.25, 0.3) is 11.0 Å². The number of hydrogen-bond acceptors (Lipinski definition) is 3. The van der Waals surface area contributed by atoms with Crippen LogP contribution in [-0.2, 0) is 5.60 Å². The van der Waals surface area contributed by atoms with Gasteiger partial charge in [0.25, 0.3) is 0 Å². The van der Waals surface area contributed by atoms with E-state index in [0.29, 0.717) is 10.8 Å². The van der Waals surface area contributed by atoms with Gasteiger partial charge in [-0.05, 0) is 36.4 Å². The Morgan fingerprint density at radius 2 is 2.29 bits per heavy atom. The molecule has 0 radical (unpaired) electrons. The summed E-state index contributed by atoms with van der Waals surface area (Å²) in [5.41, 5.74) is -0.0576. The van der Waals surface area contributed by atoms with E-state index in [0.717, 1.165) is 23.1 Å². The maximum absolute atomic E-state index is 10.7. The minimum absolute atomic E-state index is 0.165. The summed E-state index contributed by atoms with van der Waals surface area (Å²) in [6.07, 6.45) is 0.742. The van der Waals surface area contributed by atoms with Crippen molar-refractivity contribution in [2.24, 2.45) is 0 Å². The number of halogens is 1. The monoisotopic (exact) mass is 268 g/mol. The van der Waals surface area contributed by atoms with E-state index in [9.17, 15) is 5.11 Å². The van der Waals surface area contributed by atoms with Crippen molar-refractivity contribution in [1.29, 1.82) is 0 Å². The largest absolute Gasteiger partial charge is 0.458 e. The molecule has 0 spiro atoms. The summed E-state index contributed by atoms with van der Waals surface area (Å²) in [5.74, 6) is 1.63. The molecule has 1 aliphatic heterocycles. The number of rotatable bonds is 1. The van der Waals surface area contributed by atoms with E-state index in [-0.39, 0.29) is 5.25 Å². The summed E-state index contributed by atoms with van der Waals surface area (Å²) in [4.78, 5) is 0. The lowest BCUT2D eigenvalue weighted by atomic mass is 9.94. The third-order valence-corrected chi connectivity index (χ3v) is 4.99. The summed E-state index contributed by atoms with van der Waals surface area (Å²) in [7, 11) is 0. The lowest BCUT2D eigenvalue weighted by Gasteiger charge is -2.23. The molecule has 1 aromatic heterocycles. The second-order valence-corrected chi connectivity index (χ2v) is 6.37. The standard InChI is InChI=1S/C13H13ClO2S/c1-8-13(15,4-5-17-8)12-7-9-6-10(14)2-3-11(9)16-12/h2-3,6-8,15H,4-5H2,1H3. The van der Waals surface area contributed by atoms with Crippen LogP contribution in [0, 0.1) is 0 Å². The van der Waals surface area contributed by atoms with E-state index >= 15 is 0 Å². The van der Waals surface area contributed by atoms with Gasteiger partial charge in [-0.15, -0.1) is 0 Å². The smallest absolute Gasteiger partial charge is 0.138 e. The average molecular weight is 269 g/mol. The molecule has 17 heavy (non-hydrogen) atoms. The van der Waals surface area contributed by atoms with Crippen LogP contribution in [0.1, 0.15) is 19.1 Å². The van der Waals surface area contributed by atoms with Crippen molar-refractivity contribution in [3.63, 3.8) is 0 Å². The lowest BCUT2D eigenvalue weighted by Crippen LogP contribution is -2.30. The number of fused-ring (bicyclic) bond motifs is 1. The van der Waals surface area contributed by atoms with Gasteiger partial charge in [0.1, 0.15) is 16.9 Å². The fraction of sp³-hybridized carbons (Fsp3) is 0.385. The molecule has 1 saturated heterocycles. The highest BCUT2D eigenvalue weighted by Gasteiger charge is 2.43. The molecule has 0 bridgehead atoms. The van der Waals surface area contributed by atoms with Gasteiger partial charge in [-0.1, -0.05) is 18.5 Å². The molecule has 2 nitrogen and oxygen atoms in total. The van der Waals surface area contributed by atoms with Crippen LogP contribution in [0.2, 0.25) is 5.02 Å². The van der Waals surface area contributed by atoms with Crippen molar-refractivity contribution in [2.75, 3.05) is 5.75 Å². The normalized spacial score (nSPS) is 29.0. The first-order valence-electron chi connectivity index (χ1n) is 5.63. The van der Waals surface area contributed by atoms with Gasteiger partial charge in [0, 0.05) is 15.7 Å². The van der Waals surface area contributed by atoms with Crippen molar-refractivity contribution in [3.05, 3.63) is 35.0 Å². The summed E-state index contributed by atoms with van der Waals surface area (Å²) in [6.45, 7) is 2.04. The summed E-state index contributed by atoms with van der Waals surface area (Å²) < 4.78 is 5.76. The maximum Gasteiger partial charge on any atom is 0.138 e. The Kier molecular flexibility index (Phi) is 2.65. The topological polar surface area (TPSA) is 33.4 Å². The third-order valence-electron chi connectivity index (χ3n) is 3.43. The second-order valence-electron chi connectivity index (χ2n) is 4.48. The number of furan rings is 1. The molecule has 0 aliphatic carbocycles. The maximum atomic E-state index is 10.7. The van der Waals surface area contributed by atoms with Crippen LogP contribution < -0.4 is 0 Å². The van der Waals surface area contributed by atoms with E-state index in [1.54, 1.807) is 17.8 Å². The van der Waals surface area contributed by atoms with E-state index in [4.69, 9.17) is 16.0 Å². The molecular weight excluding hydrogens is 256 g/mol. The number of hydrogen-bond donors (Lipinski definition) is 1. The van der Waals surface area contributed by atoms with E-state index < -0.39 is 5.60 Å². The van der Waals surface area contributed by atoms with Crippen LogP contribution in [0.4, 0.5) is 0 Å². The molecule has 4 heteroatoms. The number of aliphatic hydroxyl groups is 1. The molecule has 1 fully saturated rings. The van der Waals surface area contributed by atoms with E-state index in [1.165, 1.54) is 0 Å². The molecule has 2 unspecified atom stereocenters. The summed E-state index contributed by atoms with van der Waals surface area (Å²) >= 11 is 7.72. The minimum atomic E-state index is -0.837. The van der Waals surface area contributed by atoms with Gasteiger partial charge in [0.15, 0.2) is 0 Å². The first-order chi connectivity index (χ1) is 8.09. The second kappa shape index (κ2) is 3.94. The predicted octanol–water partition coefficient (Wildman–Crippen LogP) is 3.80. The SMILES string of the molecule is CC1SCCC1(O)c1cc2cc(Cl)ccc2o1. The van der Waals surface area contributed by atoms with Gasteiger partial charge in [0.05, 0.1) is 0 Å². The van der Waals surface area contributed by atoms with Crippen LogP contribution >= 0.6 is 23.4 Å². The molecule has 0 amide bonds. The van der Waals surface area contributed by atoms with Crippen molar-refractivity contribution in [3.8, 4) is 0 Å². The predicted molar refractivity (Wildman–Crippen MR) is 71.7 cm³/mol. The molecule has 2 atom stereocenters. The number of thioether (sulfide) groups is 1. The highest BCUT2D eigenvalue weighted by atomic mass is 35.5. The quantitative estimate of drug-likeness (QED) is 0.854. The third kappa shape index (κ3) is 1.77. The zero-order chi connectivity index (χ0) is 12.0. The first kappa shape index (κ1) is 11.5. The van der Waals surface area contributed by atoms with Crippen molar-refractivity contribution < 1.29 is 9.52 Å². The molecular formula is C13H13ClO2S. The Morgan fingerprint density at radius 3 is 3.00 bits per heavy atom. The molecule has 90 valence electrons. The number of benzene rings is 1. The van der Waals surface area contributed by atoms with Crippen molar-refractivity contribution in [1.82, 2.24) is 0 Å². The van der Waals surface area contributed by atoms with Crippen LogP contribution in [0.15, 0.2) is 28.7 Å². The van der Waals surface area contributed by atoms with E-state index in [1.807, 2.05) is 25.1 Å². The summed E-state index contributed by atoms with van der Waals surface area (Å²) in [5, 5.41) is 12.5. The van der Waals surface area contributed by atoms with Gasteiger partial charge < -0.3 is 9.52 Å². The molecule has 2 aromatic rings. The molecule has 2 heterocycles. The molecule has 3 rings (SSSR count). The van der Waals surface area contributed by atoms with Gasteiger partial charge >= 0.3 is 0 Å². The van der Waals surface area contributed by atoms with Gasteiger partial charge in [-0.25, -0.2) is 0 Å². The Hall–Kier alpha value is -0.640.